The van der Waals surface area contributed by atoms with E-state index in [9.17, 15) is 18.0 Å². The van der Waals surface area contributed by atoms with Gasteiger partial charge in [0.2, 0.25) is 5.88 Å². The number of hydrogen-bond acceptors (Lipinski definition) is 3. The summed E-state index contributed by atoms with van der Waals surface area (Å²) in [5, 5.41) is 0.235. The van der Waals surface area contributed by atoms with Crippen LogP contribution in [-0.4, -0.2) is 17.6 Å². The van der Waals surface area contributed by atoms with E-state index >= 15 is 0 Å². The predicted octanol–water partition coefficient (Wildman–Crippen LogP) is 3.29. The molecule has 0 aliphatic heterocycles. The van der Waals surface area contributed by atoms with Gasteiger partial charge in [-0.25, -0.2) is 4.98 Å². The fourth-order valence-corrected chi connectivity index (χ4v) is 1.71. The maximum absolute atomic E-state index is 12.0. The first kappa shape index (κ1) is 13.7. The lowest BCUT2D eigenvalue weighted by molar-refractivity contribution is -0.276. The molecule has 8 heteroatoms. The number of alkyl halides is 4. The van der Waals surface area contributed by atoms with Gasteiger partial charge in [-0.15, -0.1) is 13.2 Å². The van der Waals surface area contributed by atoms with Gasteiger partial charge in [0.25, 0.3) is 0 Å². The van der Waals surface area contributed by atoms with Crippen LogP contribution in [0.5, 0.6) is 5.88 Å². The van der Waals surface area contributed by atoms with Gasteiger partial charge in [-0.1, -0.05) is 15.9 Å². The maximum atomic E-state index is 12.0. The molecule has 0 fully saturated rings. The number of carbonyl (C=O) groups excluding carboxylic acids is 1. The molecule has 0 saturated heterocycles. The molecule has 1 aromatic heterocycles. The molecule has 1 aromatic rings. The summed E-state index contributed by atoms with van der Waals surface area (Å²) in [6.07, 6.45) is -4.36. The summed E-state index contributed by atoms with van der Waals surface area (Å²) in [5.41, 5.74) is 0.408. The fraction of sp³-hybridized carbons (Fsp3) is 0.250. The summed E-state index contributed by atoms with van der Waals surface area (Å²) in [7, 11) is 0. The van der Waals surface area contributed by atoms with Crippen molar-refractivity contribution in [3.63, 3.8) is 0 Å². The van der Waals surface area contributed by atoms with Gasteiger partial charge in [-0.3, -0.25) is 4.79 Å². The lowest BCUT2D eigenvalue weighted by atomic mass is 10.2. The van der Waals surface area contributed by atoms with Gasteiger partial charge in [-0.05, 0) is 28.7 Å². The Bertz CT molecular complexity index is 411. The van der Waals surface area contributed by atoms with Gasteiger partial charge < -0.3 is 4.74 Å². The van der Waals surface area contributed by atoms with E-state index < -0.39 is 12.2 Å². The molecule has 16 heavy (non-hydrogen) atoms. The van der Waals surface area contributed by atoms with Crippen LogP contribution < -0.4 is 4.74 Å². The van der Waals surface area contributed by atoms with Crippen molar-refractivity contribution in [1.29, 1.82) is 0 Å². The van der Waals surface area contributed by atoms with Crippen LogP contribution in [0.25, 0.3) is 0 Å². The second-order valence-electron chi connectivity index (χ2n) is 2.62. The molecule has 88 valence electrons. The Morgan fingerprint density at radius 3 is 2.62 bits per heavy atom. The average molecular weight is 410 g/mol. The largest absolute Gasteiger partial charge is 0.574 e. The van der Waals surface area contributed by atoms with Crippen molar-refractivity contribution < 1.29 is 22.7 Å². The van der Waals surface area contributed by atoms with E-state index in [1.165, 1.54) is 6.07 Å². The van der Waals surface area contributed by atoms with E-state index in [1.807, 2.05) is 0 Å². The minimum absolute atomic E-state index is 0.0367. The van der Waals surface area contributed by atoms with Gasteiger partial charge in [0.15, 0.2) is 6.29 Å². The van der Waals surface area contributed by atoms with Crippen molar-refractivity contribution in [1.82, 2.24) is 4.98 Å². The third kappa shape index (κ3) is 3.58. The molecule has 0 radical (unpaired) electrons. The molecule has 0 unspecified atom stereocenters. The molecule has 1 heterocycles. The topological polar surface area (TPSA) is 39.2 Å². The van der Waals surface area contributed by atoms with Crippen LogP contribution in [0.15, 0.2) is 6.07 Å². The van der Waals surface area contributed by atoms with Crippen LogP contribution >= 0.6 is 38.5 Å². The zero-order valence-electron chi connectivity index (χ0n) is 7.52. The van der Waals surface area contributed by atoms with Crippen LogP contribution in [0.2, 0.25) is 0 Å². The predicted molar refractivity (Wildman–Crippen MR) is 61.7 cm³/mol. The zero-order valence-corrected chi connectivity index (χ0v) is 11.3. The number of ether oxygens (including phenoxy) is 1. The smallest absolute Gasteiger partial charge is 0.387 e. The molecule has 0 N–H and O–H groups in total. The third-order valence-electron chi connectivity index (χ3n) is 1.48. The minimum Gasteiger partial charge on any atom is -0.387 e. The number of hydrogen-bond donors (Lipinski definition) is 0. The van der Waals surface area contributed by atoms with Crippen molar-refractivity contribution in [2.45, 2.75) is 11.7 Å². The second-order valence-corrected chi connectivity index (χ2v) is 4.26. The van der Waals surface area contributed by atoms with Gasteiger partial charge in [0.05, 0.1) is 9.26 Å². The second kappa shape index (κ2) is 5.30. The number of rotatable bonds is 3. The van der Waals surface area contributed by atoms with E-state index in [4.69, 9.17) is 0 Å². The molecule has 0 aromatic carbocycles. The highest BCUT2D eigenvalue weighted by atomic mass is 127. The maximum Gasteiger partial charge on any atom is 0.574 e. The SMILES string of the molecule is O=Cc1cc(CBr)nc(OC(F)(F)F)c1I. The van der Waals surface area contributed by atoms with Crippen LogP contribution in [0.1, 0.15) is 16.1 Å². The first-order chi connectivity index (χ1) is 7.37. The Kier molecular flexibility index (Phi) is 4.53. The highest BCUT2D eigenvalue weighted by Crippen LogP contribution is 2.28. The molecule has 1 rings (SSSR count). The molecule has 0 aliphatic rings. The van der Waals surface area contributed by atoms with Gasteiger partial charge >= 0.3 is 6.36 Å². The Morgan fingerprint density at radius 2 is 2.19 bits per heavy atom. The average Bonchev–Trinajstić information content (AvgIpc) is 2.19. The monoisotopic (exact) mass is 409 g/mol. The number of aldehydes is 1. The number of nitrogens with zero attached hydrogens (tertiary/aromatic N) is 1. The van der Waals surface area contributed by atoms with Gasteiger partial charge in [0, 0.05) is 10.9 Å². The standard InChI is InChI=1S/C8H4BrF3INO2/c9-2-5-1-4(3-15)6(13)7(14-5)16-8(10,11)12/h1,3H,2H2. The van der Waals surface area contributed by atoms with Gasteiger partial charge in [0.1, 0.15) is 0 Å². The van der Waals surface area contributed by atoms with E-state index in [0.717, 1.165) is 0 Å². The number of carbonyl (C=O) groups is 1. The first-order valence-corrected chi connectivity index (χ1v) is 6.03. The van der Waals surface area contributed by atoms with E-state index in [2.05, 4.69) is 25.7 Å². The Hall–Kier alpha value is -0.380. The molecular weight excluding hydrogens is 406 g/mol. The zero-order chi connectivity index (χ0) is 12.3. The van der Waals surface area contributed by atoms with E-state index in [0.29, 0.717) is 12.0 Å². The summed E-state index contributed by atoms with van der Waals surface area (Å²) in [6, 6.07) is 1.40. The quantitative estimate of drug-likeness (QED) is 0.437. The van der Waals surface area contributed by atoms with Crippen molar-refractivity contribution in [2.75, 3.05) is 0 Å². The molecule has 0 aliphatic carbocycles. The lowest BCUT2D eigenvalue weighted by Gasteiger charge is -2.11. The first-order valence-electron chi connectivity index (χ1n) is 3.83. The Morgan fingerprint density at radius 1 is 1.56 bits per heavy atom. The molecule has 0 amide bonds. The number of aromatic nitrogens is 1. The molecule has 3 nitrogen and oxygen atoms in total. The molecular formula is C8H4BrF3INO2. The van der Waals surface area contributed by atoms with Crippen LogP contribution in [-0.2, 0) is 5.33 Å². The van der Waals surface area contributed by atoms with Crippen molar-refractivity contribution >= 4 is 44.8 Å². The molecule has 0 spiro atoms. The summed E-state index contributed by atoms with van der Waals surface area (Å²) in [6.45, 7) is 0. The van der Waals surface area contributed by atoms with Crippen LogP contribution in [0.3, 0.4) is 0 Å². The number of halogens is 5. The summed E-state index contributed by atoms with van der Waals surface area (Å²) >= 11 is 4.62. The lowest BCUT2D eigenvalue weighted by Crippen LogP contribution is -2.19. The third-order valence-corrected chi connectivity index (χ3v) is 3.14. The van der Waals surface area contributed by atoms with Crippen molar-refractivity contribution in [3.8, 4) is 5.88 Å². The summed E-state index contributed by atoms with van der Waals surface area (Å²) in [4.78, 5) is 14.3. The van der Waals surface area contributed by atoms with Crippen LogP contribution in [0.4, 0.5) is 13.2 Å². The number of pyridine rings is 1. The Balaban J connectivity index is 3.21. The van der Waals surface area contributed by atoms with E-state index in [-0.39, 0.29) is 14.5 Å². The Labute approximate surface area is 111 Å². The molecule has 0 atom stereocenters. The van der Waals surface area contributed by atoms with Crippen LogP contribution in [0, 0.1) is 3.57 Å². The minimum atomic E-state index is -4.82. The van der Waals surface area contributed by atoms with Crippen molar-refractivity contribution in [2.24, 2.45) is 0 Å². The van der Waals surface area contributed by atoms with E-state index in [1.54, 1.807) is 22.6 Å². The molecule has 0 saturated carbocycles. The molecule has 0 bridgehead atoms. The highest BCUT2D eigenvalue weighted by Gasteiger charge is 2.33. The summed E-state index contributed by atoms with van der Waals surface area (Å²) < 4.78 is 39.8. The fourth-order valence-electron chi connectivity index (χ4n) is 0.910. The normalized spacial score (nSPS) is 11.3. The highest BCUT2D eigenvalue weighted by molar-refractivity contribution is 14.1. The van der Waals surface area contributed by atoms with Crippen molar-refractivity contribution in [3.05, 3.63) is 20.9 Å². The summed E-state index contributed by atoms with van der Waals surface area (Å²) in [5.74, 6) is -0.604. The van der Waals surface area contributed by atoms with Gasteiger partial charge in [-0.2, -0.15) is 0 Å².